The van der Waals surface area contributed by atoms with E-state index in [9.17, 15) is 14.4 Å². The van der Waals surface area contributed by atoms with Crippen LogP contribution < -0.4 is 9.64 Å². The fourth-order valence-electron chi connectivity index (χ4n) is 3.41. The van der Waals surface area contributed by atoms with E-state index < -0.39 is 0 Å². The summed E-state index contributed by atoms with van der Waals surface area (Å²) in [5, 5.41) is 0.582. The van der Waals surface area contributed by atoms with Crippen LogP contribution in [0.3, 0.4) is 0 Å². The van der Waals surface area contributed by atoms with Crippen LogP contribution in [0.4, 0.5) is 5.69 Å². The summed E-state index contributed by atoms with van der Waals surface area (Å²) in [5.74, 6) is -0.142. The maximum Gasteiger partial charge on any atom is 0.260 e. The van der Waals surface area contributed by atoms with E-state index in [-0.39, 0.29) is 44.1 Å². The lowest BCUT2D eigenvalue weighted by Gasteiger charge is -2.25. The van der Waals surface area contributed by atoms with Gasteiger partial charge in [-0.15, -0.1) is 0 Å². The lowest BCUT2D eigenvalue weighted by molar-refractivity contribution is -0.141. The smallest absolute Gasteiger partial charge is 0.260 e. The summed E-state index contributed by atoms with van der Waals surface area (Å²) in [6, 6.07) is 14.3. The molecule has 1 fully saturated rings. The molecule has 32 heavy (non-hydrogen) atoms. The molecule has 0 spiro atoms. The average Bonchev–Trinajstić information content (AvgIpc) is 3.17. The molecule has 0 atom stereocenters. The highest BCUT2D eigenvalue weighted by atomic mass is 35.5. The lowest BCUT2D eigenvalue weighted by atomic mass is 10.2. The van der Waals surface area contributed by atoms with Gasteiger partial charge in [0.05, 0.1) is 6.54 Å². The molecular weight excluding hydrogens is 430 g/mol. The zero-order valence-corrected chi connectivity index (χ0v) is 19.2. The van der Waals surface area contributed by atoms with E-state index >= 15 is 0 Å². The second kappa shape index (κ2) is 11.0. The van der Waals surface area contributed by atoms with E-state index in [0.717, 1.165) is 24.1 Å². The molecule has 3 amide bonds. The molecule has 2 aromatic rings. The van der Waals surface area contributed by atoms with Crippen molar-refractivity contribution in [3.8, 4) is 5.75 Å². The maximum absolute atomic E-state index is 12.9. The molecule has 0 aliphatic carbocycles. The number of benzene rings is 2. The minimum absolute atomic E-state index is 0.00383. The number of carbonyl (C=O) groups is 3. The highest BCUT2D eigenvalue weighted by molar-refractivity contribution is 6.30. The normalized spacial score (nSPS) is 13.4. The van der Waals surface area contributed by atoms with Gasteiger partial charge in [0.15, 0.2) is 6.61 Å². The molecule has 1 heterocycles. The van der Waals surface area contributed by atoms with Crippen LogP contribution in [-0.2, 0) is 14.4 Å². The minimum Gasteiger partial charge on any atom is -0.484 e. The first-order chi connectivity index (χ1) is 15.4. The third kappa shape index (κ3) is 6.23. The van der Waals surface area contributed by atoms with Gasteiger partial charge in [0.2, 0.25) is 11.8 Å². The minimum atomic E-state index is -0.275. The topological polar surface area (TPSA) is 70.2 Å². The number of nitrogens with zero attached hydrogens (tertiary/aromatic N) is 3. The van der Waals surface area contributed by atoms with E-state index in [0.29, 0.717) is 17.3 Å². The van der Waals surface area contributed by atoms with Gasteiger partial charge in [-0.1, -0.05) is 37.1 Å². The number of halogens is 1. The standard InChI is InChI=1S/C24H28ClN3O4/c1-3-4-12-26(24(31)16-32-21-10-8-19(25)9-11-21)14-22(29)27-15-23(30)28(17-27)20-7-5-6-18(2)13-20/h5-11,13H,3-4,12,14-17H2,1-2H3. The first-order valence-corrected chi connectivity index (χ1v) is 11.1. The van der Waals surface area contributed by atoms with Crippen molar-refractivity contribution in [2.45, 2.75) is 26.7 Å². The molecule has 2 aromatic carbocycles. The summed E-state index contributed by atoms with van der Waals surface area (Å²) in [7, 11) is 0. The van der Waals surface area contributed by atoms with Crippen LogP contribution in [0, 0.1) is 6.92 Å². The van der Waals surface area contributed by atoms with Gasteiger partial charge in [-0.2, -0.15) is 0 Å². The van der Waals surface area contributed by atoms with E-state index in [2.05, 4.69) is 0 Å². The molecular formula is C24H28ClN3O4. The summed E-state index contributed by atoms with van der Waals surface area (Å²) in [6.07, 6.45) is 1.66. The van der Waals surface area contributed by atoms with Gasteiger partial charge in [0.1, 0.15) is 19.0 Å². The number of ether oxygens (including phenoxy) is 1. The zero-order chi connectivity index (χ0) is 23.1. The third-order valence-corrected chi connectivity index (χ3v) is 5.49. The van der Waals surface area contributed by atoms with Gasteiger partial charge < -0.3 is 14.5 Å². The Morgan fingerprint density at radius 1 is 1.16 bits per heavy atom. The van der Waals surface area contributed by atoms with Crippen molar-refractivity contribution in [1.82, 2.24) is 9.80 Å². The van der Waals surface area contributed by atoms with Crippen LogP contribution in [0.25, 0.3) is 0 Å². The number of rotatable bonds is 9. The number of hydrogen-bond acceptors (Lipinski definition) is 4. The van der Waals surface area contributed by atoms with Gasteiger partial charge in [-0.25, -0.2) is 0 Å². The van der Waals surface area contributed by atoms with Crippen molar-refractivity contribution in [3.63, 3.8) is 0 Å². The van der Waals surface area contributed by atoms with Crippen LogP contribution in [0.5, 0.6) is 5.75 Å². The predicted octanol–water partition coefficient (Wildman–Crippen LogP) is 3.49. The number of hydrogen-bond donors (Lipinski definition) is 0. The average molecular weight is 458 g/mol. The molecule has 1 aliphatic heterocycles. The lowest BCUT2D eigenvalue weighted by Crippen LogP contribution is -2.44. The van der Waals surface area contributed by atoms with Crippen molar-refractivity contribution in [2.24, 2.45) is 0 Å². The number of unbranched alkanes of at least 4 members (excludes halogenated alkanes) is 1. The second-order valence-electron chi connectivity index (χ2n) is 7.81. The van der Waals surface area contributed by atoms with E-state index in [1.54, 1.807) is 29.2 Å². The largest absolute Gasteiger partial charge is 0.484 e. The molecule has 8 heteroatoms. The van der Waals surface area contributed by atoms with E-state index in [1.807, 2.05) is 38.1 Å². The van der Waals surface area contributed by atoms with Gasteiger partial charge in [0, 0.05) is 17.3 Å². The molecule has 0 saturated carbocycles. The second-order valence-corrected chi connectivity index (χ2v) is 8.24. The van der Waals surface area contributed by atoms with Crippen molar-refractivity contribution >= 4 is 35.0 Å². The Kier molecular flexibility index (Phi) is 8.11. The Labute approximate surface area is 193 Å². The van der Waals surface area contributed by atoms with Crippen LogP contribution >= 0.6 is 11.6 Å². The molecule has 1 aliphatic rings. The molecule has 0 unspecified atom stereocenters. The molecule has 170 valence electrons. The summed E-state index contributed by atoms with van der Waals surface area (Å²) in [5.41, 5.74) is 1.80. The van der Waals surface area contributed by atoms with Crippen LogP contribution in [0.15, 0.2) is 48.5 Å². The summed E-state index contributed by atoms with van der Waals surface area (Å²) >= 11 is 5.87. The van der Waals surface area contributed by atoms with Gasteiger partial charge in [-0.05, 0) is 55.3 Å². The summed E-state index contributed by atoms with van der Waals surface area (Å²) in [4.78, 5) is 42.7. The Bertz CT molecular complexity index is 964. The highest BCUT2D eigenvalue weighted by Crippen LogP contribution is 2.21. The Morgan fingerprint density at radius 2 is 1.91 bits per heavy atom. The van der Waals surface area contributed by atoms with Gasteiger partial charge in [0.25, 0.3) is 5.91 Å². The Hall–Kier alpha value is -3.06. The number of aryl methyl sites for hydroxylation is 1. The maximum atomic E-state index is 12.9. The number of amides is 3. The SMILES string of the molecule is CCCCN(CC(=O)N1CC(=O)N(c2cccc(C)c2)C1)C(=O)COc1ccc(Cl)cc1. The Balaban J connectivity index is 1.60. The molecule has 1 saturated heterocycles. The van der Waals surface area contributed by atoms with Crippen LogP contribution in [0.1, 0.15) is 25.3 Å². The first-order valence-electron chi connectivity index (χ1n) is 10.7. The molecule has 0 N–H and O–H groups in total. The first kappa shape index (κ1) is 23.6. The van der Waals surface area contributed by atoms with Gasteiger partial charge in [-0.3, -0.25) is 19.3 Å². The molecule has 7 nitrogen and oxygen atoms in total. The van der Waals surface area contributed by atoms with Crippen LogP contribution in [0.2, 0.25) is 5.02 Å². The fourth-order valence-corrected chi connectivity index (χ4v) is 3.53. The summed E-state index contributed by atoms with van der Waals surface area (Å²) in [6.45, 7) is 4.35. The van der Waals surface area contributed by atoms with Gasteiger partial charge >= 0.3 is 0 Å². The summed E-state index contributed by atoms with van der Waals surface area (Å²) < 4.78 is 5.56. The molecule has 0 bridgehead atoms. The Morgan fingerprint density at radius 3 is 2.59 bits per heavy atom. The van der Waals surface area contributed by atoms with E-state index in [1.165, 1.54) is 9.80 Å². The van der Waals surface area contributed by atoms with Crippen molar-refractivity contribution in [1.29, 1.82) is 0 Å². The molecule has 0 radical (unpaired) electrons. The quantitative estimate of drug-likeness (QED) is 0.578. The number of carbonyl (C=O) groups excluding carboxylic acids is 3. The monoisotopic (exact) mass is 457 g/mol. The fraction of sp³-hybridized carbons (Fsp3) is 0.375. The highest BCUT2D eigenvalue weighted by Gasteiger charge is 2.33. The zero-order valence-electron chi connectivity index (χ0n) is 18.4. The van der Waals surface area contributed by atoms with Crippen molar-refractivity contribution in [3.05, 3.63) is 59.1 Å². The molecule has 3 rings (SSSR count). The van der Waals surface area contributed by atoms with Crippen LogP contribution in [-0.4, -0.2) is 60.4 Å². The molecule has 0 aromatic heterocycles. The number of anilines is 1. The van der Waals surface area contributed by atoms with Crippen molar-refractivity contribution < 1.29 is 19.1 Å². The van der Waals surface area contributed by atoms with E-state index in [4.69, 9.17) is 16.3 Å². The predicted molar refractivity (Wildman–Crippen MR) is 124 cm³/mol. The van der Waals surface area contributed by atoms with Crippen molar-refractivity contribution in [2.75, 3.05) is 37.8 Å². The third-order valence-electron chi connectivity index (χ3n) is 5.24.